The molecule has 5 heteroatoms. The van der Waals surface area contributed by atoms with E-state index in [1.807, 2.05) is 44.3 Å². The molecule has 0 aliphatic carbocycles. The van der Waals surface area contributed by atoms with Crippen molar-refractivity contribution in [3.05, 3.63) is 83.4 Å². The molecule has 0 bridgehead atoms. The maximum atomic E-state index is 14.6. The summed E-state index contributed by atoms with van der Waals surface area (Å²) < 4.78 is 21.6. The Morgan fingerprint density at radius 2 is 1.96 bits per heavy atom. The number of hydrogen-bond acceptors (Lipinski definition) is 3. The molecule has 3 aromatic rings. The summed E-state index contributed by atoms with van der Waals surface area (Å²) in [7, 11) is 1.70. The van der Waals surface area contributed by atoms with Gasteiger partial charge in [-0.15, -0.1) is 0 Å². The van der Waals surface area contributed by atoms with Gasteiger partial charge in [-0.2, -0.15) is 5.10 Å². The van der Waals surface area contributed by atoms with Gasteiger partial charge in [0, 0.05) is 25.4 Å². The van der Waals surface area contributed by atoms with Crippen LogP contribution in [0.4, 0.5) is 4.39 Å². The minimum Gasteiger partial charge on any atom is -0.383 e. The lowest BCUT2D eigenvalue weighted by molar-refractivity contribution is 0.161. The lowest BCUT2D eigenvalue weighted by Gasteiger charge is -2.23. The van der Waals surface area contributed by atoms with E-state index in [4.69, 9.17) is 4.74 Å². The van der Waals surface area contributed by atoms with E-state index in [0.717, 1.165) is 17.5 Å². The Bertz CT molecular complexity index is 863. The first-order valence-electron chi connectivity index (χ1n) is 9.17. The van der Waals surface area contributed by atoms with Crippen LogP contribution in [0.3, 0.4) is 0 Å². The van der Waals surface area contributed by atoms with Crippen molar-refractivity contribution in [3.63, 3.8) is 0 Å². The van der Waals surface area contributed by atoms with E-state index < -0.39 is 0 Å². The number of nitrogens with one attached hydrogen (secondary N) is 1. The van der Waals surface area contributed by atoms with Gasteiger partial charge in [0.25, 0.3) is 0 Å². The van der Waals surface area contributed by atoms with Crippen LogP contribution >= 0.6 is 0 Å². The van der Waals surface area contributed by atoms with E-state index in [2.05, 4.69) is 22.5 Å². The van der Waals surface area contributed by atoms with Gasteiger partial charge in [-0.1, -0.05) is 36.4 Å². The van der Waals surface area contributed by atoms with Crippen LogP contribution in [0.5, 0.6) is 0 Å². The summed E-state index contributed by atoms with van der Waals surface area (Å²) in [6, 6.07) is 15.7. The zero-order chi connectivity index (χ0) is 19.2. The van der Waals surface area contributed by atoms with Crippen LogP contribution in [0.2, 0.25) is 0 Å². The molecule has 0 spiro atoms. The number of benzene rings is 2. The van der Waals surface area contributed by atoms with Crippen LogP contribution in [-0.4, -0.2) is 29.5 Å². The maximum absolute atomic E-state index is 14.6. The van der Waals surface area contributed by atoms with Gasteiger partial charge in [-0.05, 0) is 49.1 Å². The molecule has 1 aromatic heterocycles. The molecule has 4 nitrogen and oxygen atoms in total. The van der Waals surface area contributed by atoms with Crippen molar-refractivity contribution in [2.45, 2.75) is 32.4 Å². The Morgan fingerprint density at radius 1 is 1.19 bits per heavy atom. The molecule has 2 atom stereocenters. The SMILES string of the molecule is COCC(Cc1ccccc1)NC(C)c1ccc(-n2cc(C)cn2)c(F)c1. The van der Waals surface area contributed by atoms with E-state index in [1.165, 1.54) is 5.56 Å². The van der Waals surface area contributed by atoms with Crippen LogP contribution in [0.1, 0.15) is 29.7 Å². The van der Waals surface area contributed by atoms with Gasteiger partial charge in [0.05, 0.1) is 12.8 Å². The summed E-state index contributed by atoms with van der Waals surface area (Å²) in [5.74, 6) is -0.282. The summed E-state index contributed by atoms with van der Waals surface area (Å²) in [5, 5.41) is 7.74. The predicted octanol–water partition coefficient (Wildman–Crippen LogP) is 4.23. The molecule has 0 radical (unpaired) electrons. The molecule has 0 amide bonds. The third-order valence-electron chi connectivity index (χ3n) is 4.61. The second kappa shape index (κ2) is 8.93. The van der Waals surface area contributed by atoms with Crippen LogP contribution < -0.4 is 5.32 Å². The van der Waals surface area contributed by atoms with E-state index in [1.54, 1.807) is 30.1 Å². The third-order valence-corrected chi connectivity index (χ3v) is 4.61. The molecule has 0 fully saturated rings. The number of rotatable bonds is 8. The molecule has 0 aliphatic heterocycles. The summed E-state index contributed by atoms with van der Waals surface area (Å²) >= 11 is 0. The van der Waals surface area contributed by atoms with Crippen molar-refractivity contribution in [3.8, 4) is 5.69 Å². The van der Waals surface area contributed by atoms with E-state index >= 15 is 0 Å². The topological polar surface area (TPSA) is 39.1 Å². The van der Waals surface area contributed by atoms with Crippen molar-refractivity contribution in [2.24, 2.45) is 0 Å². The fraction of sp³-hybridized carbons (Fsp3) is 0.318. The van der Waals surface area contributed by atoms with Gasteiger partial charge >= 0.3 is 0 Å². The highest BCUT2D eigenvalue weighted by atomic mass is 19.1. The quantitative estimate of drug-likeness (QED) is 0.648. The van der Waals surface area contributed by atoms with E-state index in [9.17, 15) is 4.39 Å². The van der Waals surface area contributed by atoms with Crippen molar-refractivity contribution in [1.82, 2.24) is 15.1 Å². The van der Waals surface area contributed by atoms with Crippen molar-refractivity contribution < 1.29 is 9.13 Å². The normalized spacial score (nSPS) is 13.5. The number of methoxy groups -OCH3 is 1. The molecule has 2 unspecified atom stereocenters. The maximum Gasteiger partial charge on any atom is 0.149 e. The molecule has 3 rings (SSSR count). The summed E-state index contributed by atoms with van der Waals surface area (Å²) in [6.07, 6.45) is 4.39. The van der Waals surface area contributed by atoms with Gasteiger partial charge in [0.15, 0.2) is 0 Å². The average molecular weight is 367 g/mol. The molecule has 1 N–H and O–H groups in total. The number of ether oxygens (including phenoxy) is 1. The zero-order valence-corrected chi connectivity index (χ0v) is 16.0. The number of aromatic nitrogens is 2. The van der Waals surface area contributed by atoms with E-state index in [-0.39, 0.29) is 17.9 Å². The summed E-state index contributed by atoms with van der Waals surface area (Å²) in [5.41, 5.74) is 3.60. The molecular weight excluding hydrogens is 341 g/mol. The number of aryl methyl sites for hydroxylation is 1. The zero-order valence-electron chi connectivity index (χ0n) is 16.0. The summed E-state index contributed by atoms with van der Waals surface area (Å²) in [4.78, 5) is 0. The fourth-order valence-corrected chi connectivity index (χ4v) is 3.24. The van der Waals surface area contributed by atoms with Gasteiger partial charge < -0.3 is 10.1 Å². The molecule has 0 saturated heterocycles. The highest BCUT2D eigenvalue weighted by Gasteiger charge is 2.16. The molecule has 142 valence electrons. The first-order chi connectivity index (χ1) is 13.1. The van der Waals surface area contributed by atoms with Crippen LogP contribution in [0, 0.1) is 12.7 Å². The first-order valence-corrected chi connectivity index (χ1v) is 9.17. The lowest BCUT2D eigenvalue weighted by atomic mass is 10.0. The first kappa shape index (κ1) is 19.3. The van der Waals surface area contributed by atoms with Gasteiger partial charge in [0.2, 0.25) is 0 Å². The van der Waals surface area contributed by atoms with Gasteiger partial charge in [0.1, 0.15) is 11.5 Å². The number of hydrogen-bond donors (Lipinski definition) is 1. The minimum absolute atomic E-state index is 0.00299. The number of halogens is 1. The molecule has 2 aromatic carbocycles. The smallest absolute Gasteiger partial charge is 0.149 e. The van der Waals surface area contributed by atoms with Crippen LogP contribution in [-0.2, 0) is 11.2 Å². The third kappa shape index (κ3) is 5.02. The Labute approximate surface area is 160 Å². The molecule has 0 aliphatic rings. The molecule has 1 heterocycles. The molecule has 0 saturated carbocycles. The van der Waals surface area contributed by atoms with Crippen molar-refractivity contribution in [1.29, 1.82) is 0 Å². The fourth-order valence-electron chi connectivity index (χ4n) is 3.24. The largest absolute Gasteiger partial charge is 0.383 e. The van der Waals surface area contributed by atoms with Crippen LogP contribution in [0.15, 0.2) is 60.9 Å². The second-order valence-electron chi connectivity index (χ2n) is 6.90. The molecule has 27 heavy (non-hydrogen) atoms. The van der Waals surface area contributed by atoms with Gasteiger partial charge in [-0.25, -0.2) is 9.07 Å². The highest BCUT2D eigenvalue weighted by molar-refractivity contribution is 5.37. The Kier molecular flexibility index (Phi) is 6.37. The summed E-state index contributed by atoms with van der Waals surface area (Å²) in [6.45, 7) is 4.57. The Morgan fingerprint density at radius 3 is 2.59 bits per heavy atom. The Hall–Kier alpha value is -2.50. The average Bonchev–Trinajstić information content (AvgIpc) is 3.08. The second-order valence-corrected chi connectivity index (χ2v) is 6.90. The lowest BCUT2D eigenvalue weighted by Crippen LogP contribution is -2.37. The van der Waals surface area contributed by atoms with E-state index in [0.29, 0.717) is 12.3 Å². The van der Waals surface area contributed by atoms with Gasteiger partial charge in [-0.3, -0.25) is 0 Å². The Balaban J connectivity index is 1.72. The predicted molar refractivity (Wildman–Crippen MR) is 106 cm³/mol. The van der Waals surface area contributed by atoms with Crippen molar-refractivity contribution >= 4 is 0 Å². The minimum atomic E-state index is -0.282. The monoisotopic (exact) mass is 367 g/mol. The van der Waals surface area contributed by atoms with Crippen molar-refractivity contribution in [2.75, 3.05) is 13.7 Å². The van der Waals surface area contributed by atoms with Crippen LogP contribution in [0.25, 0.3) is 5.69 Å². The highest BCUT2D eigenvalue weighted by Crippen LogP contribution is 2.20. The standard InChI is InChI=1S/C22H26FN3O/c1-16-13-24-26(14-16)22-10-9-19(12-21(22)23)17(2)25-20(15-27-3)11-18-7-5-4-6-8-18/h4-10,12-14,17,20,25H,11,15H2,1-3H3. The molecular formula is C22H26FN3O. The number of nitrogens with zero attached hydrogens (tertiary/aromatic N) is 2.